The summed E-state index contributed by atoms with van der Waals surface area (Å²) >= 11 is 0. The quantitative estimate of drug-likeness (QED) is 0.627. The minimum Gasteiger partial charge on any atom is -0.464 e. The van der Waals surface area contributed by atoms with Crippen molar-refractivity contribution in [3.05, 3.63) is 41.7 Å². The van der Waals surface area contributed by atoms with Crippen molar-refractivity contribution in [2.75, 3.05) is 7.11 Å². The smallest absolute Gasteiger partial charge is 0.356 e. The number of rotatable bonds is 1. The molecule has 0 radical (unpaired) electrons. The molecule has 0 N–H and O–H groups in total. The predicted molar refractivity (Wildman–Crippen MR) is 74.3 cm³/mol. The van der Waals surface area contributed by atoms with Crippen LogP contribution in [0.4, 0.5) is 0 Å². The molecule has 4 heteroatoms. The van der Waals surface area contributed by atoms with E-state index in [1.807, 2.05) is 26.1 Å². The number of methoxy groups -OCH3 is 1. The average Bonchev–Trinajstić information content (AvgIpc) is 2.72. The van der Waals surface area contributed by atoms with E-state index in [1.54, 1.807) is 6.07 Å². The number of esters is 1. The molecule has 0 fully saturated rings. The number of fused-ring (bicyclic) bond motifs is 3. The minimum absolute atomic E-state index is 0.346. The fourth-order valence-electron chi connectivity index (χ4n) is 2.57. The molecule has 96 valence electrons. The molecule has 0 spiro atoms. The van der Waals surface area contributed by atoms with Crippen LogP contribution >= 0.6 is 0 Å². The number of ether oxygens (including phenoxy) is 1. The van der Waals surface area contributed by atoms with Crippen molar-refractivity contribution in [3.63, 3.8) is 0 Å². The number of para-hydroxylation sites is 1. The van der Waals surface area contributed by atoms with Crippen LogP contribution < -0.4 is 0 Å². The van der Waals surface area contributed by atoms with Gasteiger partial charge < -0.3 is 9.30 Å². The van der Waals surface area contributed by atoms with Crippen molar-refractivity contribution in [1.82, 2.24) is 9.55 Å². The Bertz CT molecular complexity index is 803. The molecule has 19 heavy (non-hydrogen) atoms. The molecule has 2 aromatic heterocycles. The second-order valence-corrected chi connectivity index (χ2v) is 4.55. The summed E-state index contributed by atoms with van der Waals surface area (Å²) in [4.78, 5) is 16.0. The molecule has 0 aliphatic rings. The van der Waals surface area contributed by atoms with Gasteiger partial charge in [0.05, 0.1) is 12.6 Å². The first-order valence-corrected chi connectivity index (χ1v) is 6.06. The monoisotopic (exact) mass is 254 g/mol. The van der Waals surface area contributed by atoms with E-state index in [9.17, 15) is 4.79 Å². The molecule has 0 saturated carbocycles. The summed E-state index contributed by atoms with van der Waals surface area (Å²) < 4.78 is 6.82. The lowest BCUT2D eigenvalue weighted by atomic mass is 10.1. The Labute approximate surface area is 110 Å². The number of carbonyl (C=O) groups is 1. The first-order chi connectivity index (χ1) is 9.13. The van der Waals surface area contributed by atoms with Crippen LogP contribution in [-0.2, 0) is 11.8 Å². The van der Waals surface area contributed by atoms with E-state index in [4.69, 9.17) is 4.74 Å². The maximum Gasteiger partial charge on any atom is 0.356 e. The minimum atomic E-state index is -0.407. The highest BCUT2D eigenvalue weighted by atomic mass is 16.5. The fraction of sp³-hybridized carbons (Fsp3) is 0.200. The highest BCUT2D eigenvalue weighted by Crippen LogP contribution is 2.30. The Hall–Kier alpha value is -2.36. The summed E-state index contributed by atoms with van der Waals surface area (Å²) in [7, 11) is 3.36. The van der Waals surface area contributed by atoms with Gasteiger partial charge >= 0.3 is 5.97 Å². The second kappa shape index (κ2) is 4.09. The van der Waals surface area contributed by atoms with Crippen LogP contribution in [0, 0.1) is 6.92 Å². The van der Waals surface area contributed by atoms with Gasteiger partial charge in [0.25, 0.3) is 0 Å². The SMILES string of the molecule is COC(=O)c1cc2c(c(C)n1)c1ccccc1n2C. The molecule has 0 aliphatic heterocycles. The first kappa shape index (κ1) is 11.7. The van der Waals surface area contributed by atoms with E-state index in [1.165, 1.54) is 7.11 Å². The lowest BCUT2D eigenvalue weighted by Crippen LogP contribution is -2.05. The molecule has 1 aromatic carbocycles. The number of aryl methyl sites for hydroxylation is 2. The van der Waals surface area contributed by atoms with Gasteiger partial charge in [0, 0.05) is 29.0 Å². The molecule has 0 saturated heterocycles. The fourth-order valence-corrected chi connectivity index (χ4v) is 2.57. The van der Waals surface area contributed by atoms with Gasteiger partial charge in [0.15, 0.2) is 5.69 Å². The van der Waals surface area contributed by atoms with Crippen LogP contribution in [-0.4, -0.2) is 22.6 Å². The van der Waals surface area contributed by atoms with Crippen LogP contribution in [0.5, 0.6) is 0 Å². The maximum atomic E-state index is 11.6. The number of benzene rings is 1. The third-order valence-electron chi connectivity index (χ3n) is 3.47. The van der Waals surface area contributed by atoms with Crippen molar-refractivity contribution in [3.8, 4) is 0 Å². The van der Waals surface area contributed by atoms with Gasteiger partial charge in [-0.25, -0.2) is 9.78 Å². The molecular formula is C15H14N2O2. The Morgan fingerprint density at radius 3 is 2.74 bits per heavy atom. The van der Waals surface area contributed by atoms with Gasteiger partial charge in [-0.3, -0.25) is 0 Å². The average molecular weight is 254 g/mol. The molecule has 0 amide bonds. The summed E-state index contributed by atoms with van der Waals surface area (Å²) in [6.07, 6.45) is 0. The van der Waals surface area contributed by atoms with E-state index in [0.29, 0.717) is 5.69 Å². The summed E-state index contributed by atoms with van der Waals surface area (Å²) in [5, 5.41) is 2.24. The van der Waals surface area contributed by atoms with Gasteiger partial charge in [-0.05, 0) is 19.1 Å². The van der Waals surface area contributed by atoms with Gasteiger partial charge in [-0.1, -0.05) is 18.2 Å². The zero-order chi connectivity index (χ0) is 13.6. The van der Waals surface area contributed by atoms with Gasteiger partial charge in [-0.2, -0.15) is 0 Å². The van der Waals surface area contributed by atoms with E-state index in [0.717, 1.165) is 27.5 Å². The van der Waals surface area contributed by atoms with Crippen LogP contribution in [0.15, 0.2) is 30.3 Å². The maximum absolute atomic E-state index is 11.6. The van der Waals surface area contributed by atoms with Crippen molar-refractivity contribution in [2.45, 2.75) is 6.92 Å². The number of nitrogens with zero attached hydrogens (tertiary/aromatic N) is 2. The van der Waals surface area contributed by atoms with E-state index in [-0.39, 0.29) is 0 Å². The third kappa shape index (κ3) is 1.60. The summed E-state index contributed by atoms with van der Waals surface area (Å²) in [5.74, 6) is -0.407. The molecule has 2 heterocycles. The highest BCUT2D eigenvalue weighted by Gasteiger charge is 2.15. The summed E-state index contributed by atoms with van der Waals surface area (Å²) in [5.41, 5.74) is 3.31. The highest BCUT2D eigenvalue weighted by molar-refractivity contribution is 6.10. The van der Waals surface area contributed by atoms with Crippen molar-refractivity contribution in [1.29, 1.82) is 0 Å². The first-order valence-electron chi connectivity index (χ1n) is 6.06. The van der Waals surface area contributed by atoms with E-state index in [2.05, 4.69) is 21.7 Å². The normalized spacial score (nSPS) is 11.1. The number of hydrogen-bond donors (Lipinski definition) is 0. The standard InChI is InChI=1S/C15H14N2O2/c1-9-14-10-6-4-5-7-12(10)17(2)13(14)8-11(16-9)15(18)19-3/h4-8H,1-3H3. The Kier molecular flexibility index (Phi) is 2.52. The lowest BCUT2D eigenvalue weighted by molar-refractivity contribution is 0.0594. The second-order valence-electron chi connectivity index (χ2n) is 4.55. The zero-order valence-corrected chi connectivity index (χ0v) is 11.1. The molecule has 0 atom stereocenters. The number of carbonyl (C=O) groups excluding carboxylic acids is 1. The molecular weight excluding hydrogens is 240 g/mol. The van der Waals surface area contributed by atoms with Gasteiger partial charge in [0.1, 0.15) is 0 Å². The zero-order valence-electron chi connectivity index (χ0n) is 11.1. The van der Waals surface area contributed by atoms with Gasteiger partial charge in [0.2, 0.25) is 0 Å². The largest absolute Gasteiger partial charge is 0.464 e. The third-order valence-corrected chi connectivity index (χ3v) is 3.47. The number of hydrogen-bond acceptors (Lipinski definition) is 3. The molecule has 3 rings (SSSR count). The van der Waals surface area contributed by atoms with Crippen LogP contribution in [0.25, 0.3) is 21.8 Å². The van der Waals surface area contributed by atoms with Crippen molar-refractivity contribution >= 4 is 27.8 Å². The lowest BCUT2D eigenvalue weighted by Gasteiger charge is -2.03. The van der Waals surface area contributed by atoms with Crippen LogP contribution in [0.3, 0.4) is 0 Å². The van der Waals surface area contributed by atoms with Crippen LogP contribution in [0.1, 0.15) is 16.2 Å². The van der Waals surface area contributed by atoms with Crippen molar-refractivity contribution in [2.24, 2.45) is 7.05 Å². The Balaban J connectivity index is 2.46. The summed E-state index contributed by atoms with van der Waals surface area (Å²) in [6.45, 7) is 1.92. The number of pyridine rings is 1. The number of aromatic nitrogens is 2. The summed E-state index contributed by atoms with van der Waals surface area (Å²) in [6, 6.07) is 9.94. The molecule has 3 aromatic rings. The van der Waals surface area contributed by atoms with E-state index < -0.39 is 5.97 Å². The molecule has 4 nitrogen and oxygen atoms in total. The van der Waals surface area contributed by atoms with Crippen LogP contribution in [0.2, 0.25) is 0 Å². The molecule has 0 aliphatic carbocycles. The predicted octanol–water partition coefficient (Wildman–Crippen LogP) is 2.82. The Morgan fingerprint density at radius 1 is 1.26 bits per heavy atom. The molecule has 0 unspecified atom stereocenters. The Morgan fingerprint density at radius 2 is 2.00 bits per heavy atom. The van der Waals surface area contributed by atoms with Crippen molar-refractivity contribution < 1.29 is 9.53 Å². The van der Waals surface area contributed by atoms with E-state index >= 15 is 0 Å². The topological polar surface area (TPSA) is 44.1 Å². The van der Waals surface area contributed by atoms with Gasteiger partial charge in [-0.15, -0.1) is 0 Å². The molecule has 0 bridgehead atoms.